The Bertz CT molecular complexity index is 1120. The Balaban J connectivity index is 0.00000560. The third-order valence-corrected chi connectivity index (χ3v) is 7.62. The van der Waals surface area contributed by atoms with Gasteiger partial charge in [-0.3, -0.25) is 4.79 Å². The molecular weight excluding hydrogens is 605 g/mol. The number of esters is 1. The summed E-state index contributed by atoms with van der Waals surface area (Å²) in [5.41, 5.74) is -0.940. The first kappa shape index (κ1) is 35.9. The molecule has 3 rings (SSSR count). The Morgan fingerprint density at radius 2 is 1.65 bits per heavy atom. The van der Waals surface area contributed by atoms with E-state index in [4.69, 9.17) is 18.9 Å². The number of hydrogen-bond acceptors (Lipinski definition) is 15. The zero-order valence-electron chi connectivity index (χ0n) is 21.7. The summed E-state index contributed by atoms with van der Waals surface area (Å²) >= 11 is 0.526. The molecule has 0 saturated carbocycles. The first-order chi connectivity index (χ1) is 18.2. The summed E-state index contributed by atoms with van der Waals surface area (Å²) in [5.74, 6) is -0.529. The smallest absolute Gasteiger partial charge is 0.730 e. The van der Waals surface area contributed by atoms with Gasteiger partial charge in [-0.15, -0.1) is 0 Å². The van der Waals surface area contributed by atoms with Crippen LogP contribution in [0.15, 0.2) is 28.7 Å². The quantitative estimate of drug-likeness (QED) is 0.0513. The van der Waals surface area contributed by atoms with E-state index in [0.717, 1.165) is 6.92 Å². The van der Waals surface area contributed by atoms with E-state index in [9.17, 15) is 48.4 Å². The summed E-state index contributed by atoms with van der Waals surface area (Å²) in [6, 6.07) is 5.83. The molecule has 2 saturated heterocycles. The number of aliphatic hydroxyl groups excluding tert-OH is 6. The van der Waals surface area contributed by atoms with Gasteiger partial charge in [-0.1, -0.05) is 23.9 Å². The maximum Gasteiger partial charge on any atom is 1.00 e. The molecule has 0 aromatic heterocycles. The Hall–Kier alpha value is -0.264. The van der Waals surface area contributed by atoms with Gasteiger partial charge in [0, 0.05) is 13.3 Å². The summed E-state index contributed by atoms with van der Waals surface area (Å²) in [6.45, 7) is 1.93. The minimum Gasteiger partial charge on any atom is -0.730 e. The molecule has 2 fully saturated rings. The number of ether oxygens (including phenoxy) is 4. The first-order valence-electron chi connectivity index (χ1n) is 11.7. The maximum atomic E-state index is 11.3. The summed E-state index contributed by atoms with van der Waals surface area (Å²) in [5, 5.41) is 59.8. The number of carbonyl (C=O) groups excluding carboxylic acids is 1. The van der Waals surface area contributed by atoms with Crippen molar-refractivity contribution in [3.05, 3.63) is 29.8 Å². The summed E-state index contributed by atoms with van der Waals surface area (Å²) in [6.07, 6.45) is -12.7. The number of carbonyl (C=O) groups is 1. The van der Waals surface area contributed by atoms with E-state index in [-0.39, 0.29) is 68.6 Å². The monoisotopic (exact) mass is 635 g/mol. The molecule has 0 radical (unpaired) electrons. The van der Waals surface area contributed by atoms with E-state index < -0.39 is 83.4 Å². The standard InChI is InChI=1S/C22H31NO14S2.K/c1-9-15(26)20(35-10(2)25)19(30)21(34-9)36-12-5-3-11(4-6-12)7-14(23-39(31,32)33)38-22-18(29)17(28)16(27)13(8-24)37-22;/h3-6,9,13,15-22,24,26-30H,7-8H2,1-2H3,(H,31,32,33);/q;+1/p-1/t9-,13+,15-,16+,17-,18+,19+,20+,21-,22-;/m0./s1. The van der Waals surface area contributed by atoms with Gasteiger partial charge in [-0.2, -0.15) is 4.40 Å². The fourth-order valence-corrected chi connectivity index (χ4v) is 5.72. The van der Waals surface area contributed by atoms with Crippen molar-refractivity contribution in [3.63, 3.8) is 0 Å². The van der Waals surface area contributed by atoms with Crippen LogP contribution in [0.4, 0.5) is 0 Å². The maximum absolute atomic E-state index is 11.3. The van der Waals surface area contributed by atoms with E-state index in [1.807, 2.05) is 0 Å². The zero-order valence-corrected chi connectivity index (χ0v) is 26.5. The van der Waals surface area contributed by atoms with Crippen LogP contribution in [0.3, 0.4) is 0 Å². The number of rotatable bonds is 8. The van der Waals surface area contributed by atoms with Gasteiger partial charge >= 0.3 is 57.4 Å². The van der Waals surface area contributed by atoms with Gasteiger partial charge in [0.25, 0.3) is 0 Å². The second-order valence-corrected chi connectivity index (χ2v) is 11.1. The third-order valence-electron chi connectivity index (χ3n) is 5.93. The first-order valence-corrected chi connectivity index (χ1v) is 13.9. The molecule has 2 heterocycles. The molecule has 0 aliphatic carbocycles. The molecule has 10 atom stereocenters. The minimum atomic E-state index is -5.12. The van der Waals surface area contributed by atoms with Gasteiger partial charge in [0.2, 0.25) is 16.6 Å². The Morgan fingerprint density at radius 1 is 1.02 bits per heavy atom. The van der Waals surface area contributed by atoms with E-state index in [1.54, 1.807) is 0 Å². The van der Waals surface area contributed by atoms with E-state index in [2.05, 4.69) is 4.40 Å². The van der Waals surface area contributed by atoms with E-state index in [0.29, 0.717) is 17.3 Å². The van der Waals surface area contributed by atoms with Crippen LogP contribution in [-0.4, -0.2) is 122 Å². The normalized spacial score (nSPS) is 35.0. The molecule has 0 spiro atoms. The van der Waals surface area contributed by atoms with Crippen LogP contribution in [0.2, 0.25) is 0 Å². The summed E-state index contributed by atoms with van der Waals surface area (Å²) in [4.78, 5) is 11.3. The van der Waals surface area contributed by atoms with Crippen LogP contribution in [-0.2, 0) is 35.7 Å². The number of hydrogen-bond donors (Lipinski definition) is 6. The van der Waals surface area contributed by atoms with Crippen molar-refractivity contribution in [2.75, 3.05) is 6.61 Å². The van der Waals surface area contributed by atoms with Crippen LogP contribution in [0.5, 0.6) is 5.75 Å². The van der Waals surface area contributed by atoms with Crippen molar-refractivity contribution < 1.29 is 119 Å². The summed E-state index contributed by atoms with van der Waals surface area (Å²) in [7, 11) is -5.12. The molecule has 6 N–H and O–H groups in total. The second kappa shape index (κ2) is 15.5. The molecule has 0 amide bonds. The van der Waals surface area contributed by atoms with Crippen LogP contribution in [0.25, 0.3) is 0 Å². The molecular formula is C22H30KNO14S2. The fourth-order valence-electron chi connectivity index (χ4n) is 3.94. The predicted octanol–water partition coefficient (Wildman–Crippen LogP) is -5.60. The summed E-state index contributed by atoms with van der Waals surface area (Å²) < 4.78 is 58.6. The van der Waals surface area contributed by atoms with Crippen molar-refractivity contribution in [3.8, 4) is 5.75 Å². The number of nitrogens with zero attached hydrogens (tertiary/aromatic N) is 1. The zero-order chi connectivity index (χ0) is 29.1. The Kier molecular flexibility index (Phi) is 13.9. The molecule has 0 bridgehead atoms. The van der Waals surface area contributed by atoms with Gasteiger partial charge in [-0.05, 0) is 24.6 Å². The molecule has 2 aliphatic rings. The number of thioether (sulfide) groups is 1. The molecule has 220 valence electrons. The molecule has 1 aromatic carbocycles. The third kappa shape index (κ3) is 9.63. The van der Waals surface area contributed by atoms with Gasteiger partial charge in [0.1, 0.15) is 41.7 Å². The minimum absolute atomic E-state index is 0. The molecule has 0 unspecified atom stereocenters. The SMILES string of the molecule is CC(=O)O[C@@H]1[C@@H](O)[C@H](C)O[C@@H](Oc2ccc(CC(=NS(=O)(=O)[O-])S[C@@H]3O[C@H](CO)[C@@H](O)[C@H](O)[C@H]3O)cc2)[C@@H]1O.[K+]. The number of benzene rings is 1. The van der Waals surface area contributed by atoms with Crippen LogP contribution >= 0.6 is 11.8 Å². The van der Waals surface area contributed by atoms with E-state index >= 15 is 0 Å². The van der Waals surface area contributed by atoms with Gasteiger partial charge in [0.15, 0.2) is 12.2 Å². The van der Waals surface area contributed by atoms with Crippen molar-refractivity contribution in [2.45, 2.75) is 80.8 Å². The molecule has 2 aliphatic heterocycles. The van der Waals surface area contributed by atoms with Crippen molar-refractivity contribution in [1.29, 1.82) is 0 Å². The van der Waals surface area contributed by atoms with Gasteiger partial charge in [0.05, 0.1) is 17.8 Å². The largest absolute Gasteiger partial charge is 1.00 e. The molecule has 40 heavy (non-hydrogen) atoms. The molecule has 1 aromatic rings. The van der Waals surface area contributed by atoms with Crippen LogP contribution < -0.4 is 56.1 Å². The predicted molar refractivity (Wildman–Crippen MR) is 131 cm³/mol. The second-order valence-electron chi connectivity index (χ2n) is 8.93. The Morgan fingerprint density at radius 3 is 2.20 bits per heavy atom. The van der Waals surface area contributed by atoms with Gasteiger partial charge < -0.3 is 54.1 Å². The average molecular weight is 636 g/mol. The van der Waals surface area contributed by atoms with E-state index in [1.165, 1.54) is 31.2 Å². The van der Waals surface area contributed by atoms with Gasteiger partial charge in [-0.25, -0.2) is 8.42 Å². The Labute approximate surface area is 276 Å². The van der Waals surface area contributed by atoms with Crippen LogP contribution in [0, 0.1) is 0 Å². The molecule has 18 heteroatoms. The topological polar surface area (TPSA) is 245 Å². The molecule has 15 nitrogen and oxygen atoms in total. The van der Waals surface area contributed by atoms with Crippen molar-refractivity contribution >= 4 is 33.1 Å². The van der Waals surface area contributed by atoms with Crippen molar-refractivity contribution in [1.82, 2.24) is 0 Å². The number of aliphatic hydroxyl groups is 6. The van der Waals surface area contributed by atoms with Crippen LogP contribution in [0.1, 0.15) is 19.4 Å². The van der Waals surface area contributed by atoms with Crippen molar-refractivity contribution in [2.24, 2.45) is 4.40 Å². The average Bonchev–Trinajstić information content (AvgIpc) is 2.85. The fraction of sp³-hybridized carbons (Fsp3) is 0.636.